The van der Waals surface area contributed by atoms with Crippen molar-refractivity contribution < 1.29 is 0 Å². The molecule has 5 N–H and O–H groups in total. The van der Waals surface area contributed by atoms with Crippen molar-refractivity contribution in [2.24, 2.45) is 5.84 Å². The fourth-order valence-corrected chi connectivity index (χ4v) is 1.96. The molecule has 1 rings (SSSR count). The minimum Gasteiger partial charge on any atom is -0.398 e. The summed E-state index contributed by atoms with van der Waals surface area (Å²) in [7, 11) is 0. The summed E-state index contributed by atoms with van der Waals surface area (Å²) in [6.07, 6.45) is 7.78. The molecule has 0 radical (unpaired) electrons. The Labute approximate surface area is 105 Å². The van der Waals surface area contributed by atoms with Crippen LogP contribution in [0.5, 0.6) is 0 Å². The SMILES string of the molecule is C#CCCCC(NN)c1cc(Br)ccc1N. The van der Waals surface area contributed by atoms with Gasteiger partial charge in [-0.1, -0.05) is 15.9 Å². The van der Waals surface area contributed by atoms with Gasteiger partial charge in [0.1, 0.15) is 0 Å². The quantitative estimate of drug-likeness (QED) is 0.255. The minimum atomic E-state index is 0.0471. The molecule has 4 heteroatoms. The first-order chi connectivity index (χ1) is 7.69. The third kappa shape index (κ3) is 3.53. The van der Waals surface area contributed by atoms with E-state index in [0.717, 1.165) is 35.0 Å². The van der Waals surface area contributed by atoms with Crippen molar-refractivity contribution in [3.8, 4) is 12.3 Å². The van der Waals surface area contributed by atoms with Gasteiger partial charge in [0.15, 0.2) is 0 Å². The topological polar surface area (TPSA) is 64.1 Å². The normalized spacial score (nSPS) is 12.1. The zero-order valence-corrected chi connectivity index (χ0v) is 10.6. The Morgan fingerprint density at radius 1 is 1.50 bits per heavy atom. The molecule has 3 nitrogen and oxygen atoms in total. The maximum absolute atomic E-state index is 5.91. The van der Waals surface area contributed by atoms with E-state index in [-0.39, 0.29) is 6.04 Å². The first-order valence-corrected chi connectivity index (χ1v) is 5.93. The van der Waals surface area contributed by atoms with E-state index in [1.807, 2.05) is 18.2 Å². The third-order valence-electron chi connectivity index (χ3n) is 2.44. The molecule has 1 unspecified atom stereocenters. The van der Waals surface area contributed by atoms with Crippen LogP contribution in [0.15, 0.2) is 22.7 Å². The van der Waals surface area contributed by atoms with E-state index < -0.39 is 0 Å². The number of hydrogen-bond acceptors (Lipinski definition) is 3. The summed E-state index contributed by atoms with van der Waals surface area (Å²) >= 11 is 3.42. The monoisotopic (exact) mass is 281 g/mol. The third-order valence-corrected chi connectivity index (χ3v) is 2.93. The Hall–Kier alpha value is -1.02. The highest BCUT2D eigenvalue weighted by Crippen LogP contribution is 2.27. The van der Waals surface area contributed by atoms with Crippen LogP contribution >= 0.6 is 15.9 Å². The number of hydrazine groups is 1. The van der Waals surface area contributed by atoms with Crippen LogP contribution in [0, 0.1) is 12.3 Å². The molecule has 0 saturated heterocycles. The number of hydrogen-bond donors (Lipinski definition) is 3. The lowest BCUT2D eigenvalue weighted by Gasteiger charge is -2.18. The van der Waals surface area contributed by atoms with Gasteiger partial charge in [-0.15, -0.1) is 12.3 Å². The van der Waals surface area contributed by atoms with Crippen LogP contribution < -0.4 is 17.0 Å². The number of rotatable bonds is 5. The fourth-order valence-electron chi connectivity index (χ4n) is 1.58. The van der Waals surface area contributed by atoms with Crippen LogP contribution in [0.25, 0.3) is 0 Å². The van der Waals surface area contributed by atoms with Crippen LogP contribution in [0.2, 0.25) is 0 Å². The predicted molar refractivity (Wildman–Crippen MR) is 71.3 cm³/mol. The predicted octanol–water partition coefficient (Wildman–Crippen LogP) is 2.34. The first-order valence-electron chi connectivity index (χ1n) is 5.13. The summed E-state index contributed by atoms with van der Waals surface area (Å²) in [5.41, 5.74) is 10.4. The largest absolute Gasteiger partial charge is 0.398 e. The van der Waals surface area contributed by atoms with Crippen molar-refractivity contribution in [3.05, 3.63) is 28.2 Å². The standard InChI is InChI=1S/C12H16BrN3/c1-2-3-4-5-12(16-15)10-8-9(13)6-7-11(10)14/h1,6-8,12,16H,3-5,14-15H2. The highest BCUT2D eigenvalue weighted by atomic mass is 79.9. The first kappa shape index (κ1) is 13.0. The molecule has 0 bridgehead atoms. The van der Waals surface area contributed by atoms with Crippen molar-refractivity contribution in [1.82, 2.24) is 5.43 Å². The summed E-state index contributed by atoms with van der Waals surface area (Å²) in [5, 5.41) is 0. The van der Waals surface area contributed by atoms with E-state index in [0.29, 0.717) is 0 Å². The van der Waals surface area contributed by atoms with Gasteiger partial charge in [0.25, 0.3) is 0 Å². The lowest BCUT2D eigenvalue weighted by molar-refractivity contribution is 0.503. The molecule has 0 aliphatic carbocycles. The number of nitrogen functional groups attached to an aromatic ring is 1. The molecule has 1 atom stereocenters. The van der Waals surface area contributed by atoms with E-state index in [9.17, 15) is 0 Å². The number of anilines is 1. The lowest BCUT2D eigenvalue weighted by atomic mass is 10.00. The Bertz CT molecular complexity index is 384. The van der Waals surface area contributed by atoms with Crippen LogP contribution in [0.4, 0.5) is 5.69 Å². The number of nitrogens with two attached hydrogens (primary N) is 2. The zero-order valence-electron chi connectivity index (χ0n) is 9.04. The molecule has 0 aliphatic rings. The molecule has 86 valence electrons. The molecule has 0 heterocycles. The average Bonchev–Trinajstić information content (AvgIpc) is 2.28. The molecule has 0 fully saturated rings. The summed E-state index contributed by atoms with van der Waals surface area (Å²) in [6, 6.07) is 5.81. The van der Waals surface area contributed by atoms with Crippen molar-refractivity contribution >= 4 is 21.6 Å². The smallest absolute Gasteiger partial charge is 0.0481 e. The van der Waals surface area contributed by atoms with Crippen LogP contribution in [0.1, 0.15) is 30.9 Å². The van der Waals surface area contributed by atoms with Crippen molar-refractivity contribution in [1.29, 1.82) is 0 Å². The van der Waals surface area contributed by atoms with Crippen molar-refractivity contribution in [2.45, 2.75) is 25.3 Å². The molecule has 0 saturated carbocycles. The van der Waals surface area contributed by atoms with Gasteiger partial charge in [-0.2, -0.15) is 0 Å². The molecular weight excluding hydrogens is 266 g/mol. The lowest BCUT2D eigenvalue weighted by Crippen LogP contribution is -2.28. The highest BCUT2D eigenvalue weighted by Gasteiger charge is 2.12. The van der Waals surface area contributed by atoms with Crippen LogP contribution in [-0.4, -0.2) is 0 Å². The summed E-state index contributed by atoms with van der Waals surface area (Å²) < 4.78 is 0.994. The van der Waals surface area contributed by atoms with Gasteiger partial charge >= 0.3 is 0 Å². The van der Waals surface area contributed by atoms with Gasteiger partial charge in [-0.05, 0) is 36.6 Å². The minimum absolute atomic E-state index is 0.0471. The van der Waals surface area contributed by atoms with E-state index in [4.69, 9.17) is 18.0 Å². The van der Waals surface area contributed by atoms with Gasteiger partial charge in [-0.3, -0.25) is 11.3 Å². The summed E-state index contributed by atoms with van der Waals surface area (Å²) in [4.78, 5) is 0. The molecule has 1 aromatic carbocycles. The van der Waals surface area contributed by atoms with Crippen LogP contribution in [0.3, 0.4) is 0 Å². The number of benzene rings is 1. The fraction of sp³-hybridized carbons (Fsp3) is 0.333. The van der Waals surface area contributed by atoms with E-state index in [1.165, 1.54) is 0 Å². The molecule has 1 aromatic rings. The molecule has 0 amide bonds. The second-order valence-electron chi connectivity index (χ2n) is 3.59. The van der Waals surface area contributed by atoms with Gasteiger partial charge in [0.05, 0.1) is 0 Å². The Morgan fingerprint density at radius 2 is 2.25 bits per heavy atom. The molecule has 16 heavy (non-hydrogen) atoms. The molecule has 0 aromatic heterocycles. The van der Waals surface area contributed by atoms with Crippen LogP contribution in [-0.2, 0) is 0 Å². The maximum Gasteiger partial charge on any atom is 0.0481 e. The molecule has 0 spiro atoms. The number of unbranched alkanes of at least 4 members (excludes halogenated alkanes) is 1. The second kappa shape index (κ2) is 6.54. The van der Waals surface area contributed by atoms with Crippen molar-refractivity contribution in [3.63, 3.8) is 0 Å². The average molecular weight is 282 g/mol. The summed E-state index contributed by atoms with van der Waals surface area (Å²) in [5.74, 6) is 8.15. The highest BCUT2D eigenvalue weighted by molar-refractivity contribution is 9.10. The van der Waals surface area contributed by atoms with E-state index >= 15 is 0 Å². The summed E-state index contributed by atoms with van der Waals surface area (Å²) in [6.45, 7) is 0. The van der Waals surface area contributed by atoms with Gasteiger partial charge in [0.2, 0.25) is 0 Å². The van der Waals surface area contributed by atoms with Gasteiger partial charge < -0.3 is 5.73 Å². The molecular formula is C12H16BrN3. The van der Waals surface area contributed by atoms with Crippen molar-refractivity contribution in [2.75, 3.05) is 5.73 Å². The Balaban J connectivity index is 2.78. The number of halogens is 1. The number of terminal acetylenes is 1. The van der Waals surface area contributed by atoms with Gasteiger partial charge in [0, 0.05) is 22.6 Å². The second-order valence-corrected chi connectivity index (χ2v) is 4.50. The Morgan fingerprint density at radius 3 is 2.88 bits per heavy atom. The van der Waals surface area contributed by atoms with Gasteiger partial charge in [-0.25, -0.2) is 0 Å². The maximum atomic E-state index is 5.91. The van der Waals surface area contributed by atoms with E-state index in [2.05, 4.69) is 27.3 Å². The number of nitrogens with one attached hydrogen (secondary N) is 1. The molecule has 0 aliphatic heterocycles. The Kier molecular flexibility index (Phi) is 5.33. The van der Waals surface area contributed by atoms with E-state index in [1.54, 1.807) is 0 Å². The zero-order chi connectivity index (χ0) is 12.0.